The highest BCUT2D eigenvalue weighted by atomic mass is 15.0. The molecule has 0 aliphatic heterocycles. The Morgan fingerprint density at radius 3 is 1.10 bits per heavy atom. The van der Waals surface area contributed by atoms with Gasteiger partial charge in [-0.05, 0) is 100 Å². The van der Waals surface area contributed by atoms with Crippen LogP contribution in [0.4, 0.5) is 0 Å². The summed E-state index contributed by atoms with van der Waals surface area (Å²) in [5, 5.41) is 2.37. The number of para-hydroxylation sites is 1. The lowest BCUT2D eigenvalue weighted by Gasteiger charge is -2.12. The Labute approximate surface area is 389 Å². The summed E-state index contributed by atoms with van der Waals surface area (Å²) in [6.07, 6.45) is 0. The average Bonchev–Trinajstić information content (AvgIpc) is 3.75. The summed E-state index contributed by atoms with van der Waals surface area (Å²) >= 11 is 0. The summed E-state index contributed by atoms with van der Waals surface area (Å²) in [4.78, 5) is 15.4. The Hall–Kier alpha value is -8.99. The predicted molar refractivity (Wildman–Crippen MR) is 278 cm³/mol. The quantitative estimate of drug-likeness (QED) is 0.145. The van der Waals surface area contributed by atoms with Crippen molar-refractivity contribution in [2.24, 2.45) is 0 Å². The van der Waals surface area contributed by atoms with Gasteiger partial charge in [-0.2, -0.15) is 0 Å². The van der Waals surface area contributed by atoms with Crippen molar-refractivity contribution in [2.75, 3.05) is 0 Å². The minimum atomic E-state index is 0.702. The molecule has 3 aromatic heterocycles. The van der Waals surface area contributed by atoms with Gasteiger partial charge >= 0.3 is 0 Å². The highest BCUT2D eigenvalue weighted by Gasteiger charge is 2.17. The summed E-state index contributed by atoms with van der Waals surface area (Å²) in [5.74, 6) is 0.702. The van der Waals surface area contributed by atoms with Crippen LogP contribution >= 0.6 is 0 Å². The third kappa shape index (κ3) is 7.77. The zero-order valence-electron chi connectivity index (χ0n) is 36.5. The van der Waals surface area contributed by atoms with Gasteiger partial charge in [0.25, 0.3) is 0 Å². The van der Waals surface area contributed by atoms with Gasteiger partial charge in [0.05, 0.1) is 33.8 Å². The van der Waals surface area contributed by atoms with Crippen molar-refractivity contribution in [3.05, 3.63) is 255 Å². The van der Waals surface area contributed by atoms with Crippen LogP contribution in [0.25, 0.3) is 117 Å². The van der Waals surface area contributed by atoms with E-state index in [1.54, 1.807) is 0 Å². The minimum Gasteiger partial charge on any atom is -0.309 e. The summed E-state index contributed by atoms with van der Waals surface area (Å²) < 4.78 is 2.38. The van der Waals surface area contributed by atoms with Crippen LogP contribution in [0.5, 0.6) is 0 Å². The zero-order valence-corrected chi connectivity index (χ0v) is 36.5. The fraction of sp³-hybridized carbons (Fsp3) is 0. The maximum atomic E-state index is 5.25. The van der Waals surface area contributed by atoms with Crippen molar-refractivity contribution in [3.63, 3.8) is 0 Å². The highest BCUT2D eigenvalue weighted by Crippen LogP contribution is 2.39. The van der Waals surface area contributed by atoms with Crippen LogP contribution in [0, 0.1) is 0 Å². The molecule has 0 spiro atoms. The fourth-order valence-electron chi connectivity index (χ4n) is 9.25. The molecule has 0 radical (unpaired) electrons. The van der Waals surface area contributed by atoms with Gasteiger partial charge in [-0.15, -0.1) is 0 Å². The summed E-state index contributed by atoms with van der Waals surface area (Å²) in [7, 11) is 0. The molecular weight excluding hydrogens is 813 g/mol. The molecule has 0 aliphatic carbocycles. The lowest BCUT2D eigenvalue weighted by atomic mass is 9.96. The maximum absolute atomic E-state index is 5.25. The molecule has 0 atom stereocenters. The summed E-state index contributed by atoms with van der Waals surface area (Å²) in [6.45, 7) is 0. The van der Waals surface area contributed by atoms with Gasteiger partial charge in [-0.25, -0.2) is 15.0 Å². The monoisotopic (exact) mass is 854 g/mol. The maximum Gasteiger partial charge on any atom is 0.160 e. The molecule has 0 aliphatic rings. The zero-order chi connectivity index (χ0) is 44.5. The van der Waals surface area contributed by atoms with E-state index >= 15 is 0 Å². The first-order chi connectivity index (χ1) is 33.2. The number of hydrogen-bond acceptors (Lipinski definition) is 3. The van der Waals surface area contributed by atoms with E-state index in [-0.39, 0.29) is 0 Å². The molecule has 67 heavy (non-hydrogen) atoms. The van der Waals surface area contributed by atoms with Crippen molar-refractivity contribution in [3.8, 4) is 95.5 Å². The smallest absolute Gasteiger partial charge is 0.160 e. The Bertz CT molecular complexity index is 3370. The highest BCUT2D eigenvalue weighted by molar-refractivity contribution is 6.11. The van der Waals surface area contributed by atoms with E-state index in [1.165, 1.54) is 10.8 Å². The van der Waals surface area contributed by atoms with Crippen LogP contribution in [0.3, 0.4) is 0 Å². The van der Waals surface area contributed by atoms with Gasteiger partial charge in [0.2, 0.25) is 0 Å². The molecule has 0 saturated heterocycles. The van der Waals surface area contributed by atoms with E-state index < -0.39 is 0 Å². The van der Waals surface area contributed by atoms with Crippen molar-refractivity contribution in [2.45, 2.75) is 0 Å². The number of nitrogens with zero attached hydrogens (tertiary/aromatic N) is 4. The van der Waals surface area contributed by atoms with Crippen molar-refractivity contribution < 1.29 is 0 Å². The van der Waals surface area contributed by atoms with E-state index in [4.69, 9.17) is 15.0 Å². The van der Waals surface area contributed by atoms with Gasteiger partial charge in [0.15, 0.2) is 5.82 Å². The molecular formula is C63H42N4. The van der Waals surface area contributed by atoms with Crippen LogP contribution in [-0.4, -0.2) is 19.5 Å². The second-order valence-corrected chi connectivity index (χ2v) is 16.8. The SMILES string of the molecule is c1ccc(-c2cc(-c3ccccc3)nc(-c3cccc(-c4ccc5c(c4)c4cc(-c6cccc(-c7cc(-c8ccccc8)nc(-c8ccccc8)n7)c6)ccc4n5-c4ccccc4)c3)c2)cc1. The molecule has 314 valence electrons. The lowest BCUT2D eigenvalue weighted by molar-refractivity contribution is 1.18. The van der Waals surface area contributed by atoms with E-state index in [9.17, 15) is 0 Å². The first-order valence-electron chi connectivity index (χ1n) is 22.7. The largest absolute Gasteiger partial charge is 0.309 e. The number of fused-ring (bicyclic) bond motifs is 3. The molecule has 4 heteroatoms. The molecule has 3 heterocycles. The van der Waals surface area contributed by atoms with Gasteiger partial charge in [-0.3, -0.25) is 0 Å². The van der Waals surface area contributed by atoms with Crippen LogP contribution in [-0.2, 0) is 0 Å². The number of hydrogen-bond donors (Lipinski definition) is 0. The lowest BCUT2D eigenvalue weighted by Crippen LogP contribution is -1.96. The Morgan fingerprint density at radius 1 is 0.224 bits per heavy atom. The van der Waals surface area contributed by atoms with Crippen molar-refractivity contribution >= 4 is 21.8 Å². The van der Waals surface area contributed by atoms with Gasteiger partial charge in [0.1, 0.15) is 0 Å². The van der Waals surface area contributed by atoms with Crippen LogP contribution in [0.15, 0.2) is 255 Å². The van der Waals surface area contributed by atoms with Crippen molar-refractivity contribution in [1.29, 1.82) is 0 Å². The third-order valence-corrected chi connectivity index (χ3v) is 12.6. The Morgan fingerprint density at radius 2 is 0.597 bits per heavy atom. The van der Waals surface area contributed by atoms with E-state index in [0.717, 1.165) is 101 Å². The predicted octanol–water partition coefficient (Wildman–Crippen LogP) is 16.3. The van der Waals surface area contributed by atoms with Crippen LogP contribution in [0.1, 0.15) is 0 Å². The normalized spacial score (nSPS) is 11.3. The second kappa shape index (κ2) is 17.2. The molecule has 0 saturated carbocycles. The second-order valence-electron chi connectivity index (χ2n) is 16.8. The fourth-order valence-corrected chi connectivity index (χ4v) is 9.25. The Kier molecular flexibility index (Phi) is 10.2. The Balaban J connectivity index is 0.972. The van der Waals surface area contributed by atoms with Crippen LogP contribution in [0.2, 0.25) is 0 Å². The average molecular weight is 855 g/mol. The van der Waals surface area contributed by atoms with Crippen LogP contribution < -0.4 is 0 Å². The van der Waals surface area contributed by atoms with E-state index in [2.05, 4.69) is 229 Å². The molecule has 0 unspecified atom stereocenters. The van der Waals surface area contributed by atoms with E-state index in [1.807, 2.05) is 30.3 Å². The van der Waals surface area contributed by atoms with Gasteiger partial charge < -0.3 is 4.57 Å². The van der Waals surface area contributed by atoms with E-state index in [0.29, 0.717) is 5.82 Å². The topological polar surface area (TPSA) is 43.6 Å². The molecule has 0 amide bonds. The molecule has 4 nitrogen and oxygen atoms in total. The first kappa shape index (κ1) is 39.6. The number of aromatic nitrogens is 4. The minimum absolute atomic E-state index is 0.702. The molecule has 9 aromatic carbocycles. The summed E-state index contributed by atoms with van der Waals surface area (Å²) in [6, 6.07) is 90.0. The standard InChI is InChI=1S/C63H42N4/c1-6-18-43(19-7-1)53-40-57(44-20-8-2-9-21-44)64-58(41-53)51-28-16-26-47(36-51)49-32-34-61-55(38-49)56-39-50(33-35-62(56)67(61)54-30-14-5-15-31-54)48-27-17-29-52(37-48)60-42-59(45-22-10-3-11-23-45)65-63(66-60)46-24-12-4-13-25-46/h1-42H. The number of rotatable bonds is 9. The molecule has 12 aromatic rings. The third-order valence-electron chi connectivity index (χ3n) is 12.6. The molecule has 0 fully saturated rings. The number of pyridine rings is 1. The molecule has 12 rings (SSSR count). The molecule has 0 N–H and O–H groups in total. The van der Waals surface area contributed by atoms with Gasteiger partial charge in [0, 0.05) is 44.3 Å². The molecule has 0 bridgehead atoms. The number of benzene rings is 9. The summed E-state index contributed by atoms with van der Waals surface area (Å²) in [5.41, 5.74) is 19.1. The van der Waals surface area contributed by atoms with Gasteiger partial charge in [-0.1, -0.05) is 188 Å². The van der Waals surface area contributed by atoms with Crippen molar-refractivity contribution in [1.82, 2.24) is 19.5 Å². The first-order valence-corrected chi connectivity index (χ1v) is 22.7.